The van der Waals surface area contributed by atoms with Crippen molar-refractivity contribution in [2.75, 3.05) is 0 Å². The SMILES string of the molecule is O=C(O)c1cc(C(c2ccccc2)(c2ccccc2)c2ccccc2)ccc1O.O=P(O)(O)O. The number of phosphoric acid groups is 1. The number of carbonyl (C=O) groups is 1. The van der Waals surface area contributed by atoms with Crippen molar-refractivity contribution < 1.29 is 34.3 Å². The quantitative estimate of drug-likeness (QED) is 0.210. The standard InChI is InChI=1S/C26H20O3.H3O4P/c27-24-17-16-22(18-23(24)25(28)29)26(19-10-4-1-5-11-19,20-12-6-2-7-13-20)21-14-8-3-9-15-21;1-5(2,3)4/h1-18,27H,(H,28,29);(H3,1,2,3,4). The molecular formula is C26H23O7P. The van der Waals surface area contributed by atoms with E-state index in [0.29, 0.717) is 0 Å². The summed E-state index contributed by atoms with van der Waals surface area (Å²) in [5.74, 6) is -1.41. The van der Waals surface area contributed by atoms with E-state index < -0.39 is 19.2 Å². The van der Waals surface area contributed by atoms with Gasteiger partial charge in [0.05, 0.1) is 5.41 Å². The number of rotatable bonds is 5. The fraction of sp³-hybridized carbons (Fsp3) is 0.0385. The van der Waals surface area contributed by atoms with E-state index in [1.165, 1.54) is 6.07 Å². The smallest absolute Gasteiger partial charge is 0.466 e. The summed E-state index contributed by atoms with van der Waals surface area (Å²) in [7, 11) is -4.64. The Morgan fingerprint density at radius 3 is 1.29 bits per heavy atom. The van der Waals surface area contributed by atoms with Crippen molar-refractivity contribution >= 4 is 13.8 Å². The highest BCUT2D eigenvalue weighted by Crippen LogP contribution is 2.45. The lowest BCUT2D eigenvalue weighted by molar-refractivity contribution is 0.0693. The summed E-state index contributed by atoms with van der Waals surface area (Å²) in [5.41, 5.74) is 2.96. The molecule has 0 aromatic heterocycles. The van der Waals surface area contributed by atoms with Gasteiger partial charge in [0.1, 0.15) is 11.3 Å². The van der Waals surface area contributed by atoms with Gasteiger partial charge in [-0.2, -0.15) is 0 Å². The Balaban J connectivity index is 0.000000588. The molecule has 0 fully saturated rings. The fourth-order valence-electron chi connectivity index (χ4n) is 4.01. The number of carboxylic acid groups (broad SMARTS) is 1. The minimum absolute atomic E-state index is 0.116. The third kappa shape index (κ3) is 5.60. The molecule has 0 radical (unpaired) electrons. The Kier molecular flexibility index (Phi) is 7.66. The van der Waals surface area contributed by atoms with Crippen molar-refractivity contribution in [3.63, 3.8) is 0 Å². The van der Waals surface area contributed by atoms with Crippen LogP contribution in [0, 0.1) is 0 Å². The highest BCUT2D eigenvalue weighted by Gasteiger charge is 2.38. The molecule has 0 saturated carbocycles. The van der Waals surface area contributed by atoms with E-state index in [-0.39, 0.29) is 11.3 Å². The van der Waals surface area contributed by atoms with Crippen molar-refractivity contribution in [1.29, 1.82) is 0 Å². The maximum Gasteiger partial charge on any atom is 0.466 e. The number of carboxylic acids is 1. The Hall–Kier alpha value is -3.74. The molecule has 174 valence electrons. The number of benzene rings is 4. The molecule has 4 aromatic rings. The summed E-state index contributed by atoms with van der Waals surface area (Å²) in [4.78, 5) is 33.3. The van der Waals surface area contributed by atoms with E-state index in [1.54, 1.807) is 12.1 Å². The molecule has 0 aliphatic heterocycles. The molecule has 0 unspecified atom stereocenters. The van der Waals surface area contributed by atoms with E-state index in [1.807, 2.05) is 91.0 Å². The molecule has 0 atom stereocenters. The maximum absolute atomic E-state index is 11.8. The van der Waals surface area contributed by atoms with Crippen LogP contribution in [0.3, 0.4) is 0 Å². The molecule has 0 bridgehead atoms. The number of hydrogen-bond acceptors (Lipinski definition) is 3. The van der Waals surface area contributed by atoms with Crippen LogP contribution >= 0.6 is 7.82 Å². The first-order chi connectivity index (χ1) is 16.1. The topological polar surface area (TPSA) is 135 Å². The van der Waals surface area contributed by atoms with Crippen LogP contribution < -0.4 is 0 Å². The number of hydrogen-bond donors (Lipinski definition) is 5. The third-order valence-corrected chi connectivity index (χ3v) is 5.28. The van der Waals surface area contributed by atoms with Gasteiger partial charge in [-0.15, -0.1) is 0 Å². The zero-order chi connectivity index (χ0) is 24.8. The Bertz CT molecular complexity index is 1180. The average molecular weight is 478 g/mol. The molecule has 5 N–H and O–H groups in total. The van der Waals surface area contributed by atoms with Crippen LogP contribution in [0.5, 0.6) is 5.75 Å². The summed E-state index contributed by atoms with van der Waals surface area (Å²) >= 11 is 0. The molecule has 8 heteroatoms. The van der Waals surface area contributed by atoms with Crippen molar-refractivity contribution in [3.05, 3.63) is 137 Å². The molecular weight excluding hydrogens is 455 g/mol. The first-order valence-corrected chi connectivity index (χ1v) is 11.7. The van der Waals surface area contributed by atoms with Crippen LogP contribution in [-0.2, 0) is 9.98 Å². The predicted octanol–water partition coefficient (Wildman–Crippen LogP) is 4.54. The first-order valence-electron chi connectivity index (χ1n) is 10.2. The summed E-state index contributed by atoms with van der Waals surface area (Å²) in [6.07, 6.45) is 0. The summed E-state index contributed by atoms with van der Waals surface area (Å²) in [6, 6.07) is 34.9. The largest absolute Gasteiger partial charge is 0.507 e. The Morgan fingerprint density at radius 1 is 0.618 bits per heavy atom. The number of phenols is 1. The van der Waals surface area contributed by atoms with Gasteiger partial charge in [-0.25, -0.2) is 9.36 Å². The second-order valence-corrected chi connectivity index (χ2v) is 8.42. The van der Waals surface area contributed by atoms with Crippen LogP contribution in [0.25, 0.3) is 0 Å². The van der Waals surface area contributed by atoms with Gasteiger partial charge in [-0.1, -0.05) is 97.1 Å². The maximum atomic E-state index is 11.8. The van der Waals surface area contributed by atoms with E-state index in [4.69, 9.17) is 19.2 Å². The highest BCUT2D eigenvalue weighted by molar-refractivity contribution is 7.45. The summed E-state index contributed by atoms with van der Waals surface area (Å²) in [5, 5.41) is 19.7. The van der Waals surface area contributed by atoms with E-state index >= 15 is 0 Å². The molecule has 4 aromatic carbocycles. The Labute approximate surface area is 196 Å². The van der Waals surface area contributed by atoms with E-state index in [2.05, 4.69) is 0 Å². The molecule has 0 spiro atoms. The van der Waals surface area contributed by atoms with Gasteiger partial charge in [0.25, 0.3) is 0 Å². The van der Waals surface area contributed by atoms with Crippen molar-refractivity contribution in [2.45, 2.75) is 5.41 Å². The van der Waals surface area contributed by atoms with Gasteiger partial charge in [0, 0.05) is 0 Å². The monoisotopic (exact) mass is 478 g/mol. The molecule has 0 aliphatic carbocycles. The van der Waals surface area contributed by atoms with Crippen LogP contribution in [0.2, 0.25) is 0 Å². The molecule has 4 rings (SSSR count). The number of aromatic carboxylic acids is 1. The minimum atomic E-state index is -4.64. The lowest BCUT2D eigenvalue weighted by Gasteiger charge is -2.37. The molecule has 0 heterocycles. The van der Waals surface area contributed by atoms with Gasteiger partial charge in [-0.05, 0) is 34.4 Å². The lowest BCUT2D eigenvalue weighted by atomic mass is 9.65. The third-order valence-electron chi connectivity index (χ3n) is 5.28. The number of aromatic hydroxyl groups is 1. The van der Waals surface area contributed by atoms with E-state index in [0.717, 1.165) is 22.3 Å². The molecule has 0 amide bonds. The molecule has 0 saturated heterocycles. The lowest BCUT2D eigenvalue weighted by Crippen LogP contribution is -2.31. The molecule has 7 nitrogen and oxygen atoms in total. The van der Waals surface area contributed by atoms with Gasteiger partial charge < -0.3 is 24.9 Å². The second-order valence-electron chi connectivity index (χ2n) is 7.40. The molecule has 34 heavy (non-hydrogen) atoms. The van der Waals surface area contributed by atoms with Crippen molar-refractivity contribution in [2.24, 2.45) is 0 Å². The minimum Gasteiger partial charge on any atom is -0.507 e. The zero-order valence-electron chi connectivity index (χ0n) is 17.9. The van der Waals surface area contributed by atoms with Crippen molar-refractivity contribution in [1.82, 2.24) is 0 Å². The normalized spacial score (nSPS) is 11.3. The van der Waals surface area contributed by atoms with Crippen molar-refractivity contribution in [3.8, 4) is 5.75 Å². The first kappa shape index (κ1) is 24.9. The van der Waals surface area contributed by atoms with Crippen LogP contribution in [-0.4, -0.2) is 30.9 Å². The average Bonchev–Trinajstić information content (AvgIpc) is 2.81. The van der Waals surface area contributed by atoms with Gasteiger partial charge >= 0.3 is 13.8 Å². The zero-order valence-corrected chi connectivity index (χ0v) is 18.8. The predicted molar refractivity (Wildman–Crippen MR) is 128 cm³/mol. The summed E-state index contributed by atoms with van der Waals surface area (Å²) in [6.45, 7) is 0. The van der Waals surface area contributed by atoms with Crippen LogP contribution in [0.1, 0.15) is 32.6 Å². The van der Waals surface area contributed by atoms with Crippen LogP contribution in [0.4, 0.5) is 0 Å². The second kappa shape index (κ2) is 10.5. The van der Waals surface area contributed by atoms with Gasteiger partial charge in [0.2, 0.25) is 0 Å². The van der Waals surface area contributed by atoms with Crippen LogP contribution in [0.15, 0.2) is 109 Å². The van der Waals surface area contributed by atoms with Gasteiger partial charge in [-0.3, -0.25) is 0 Å². The Morgan fingerprint density at radius 2 is 0.971 bits per heavy atom. The molecule has 0 aliphatic rings. The highest BCUT2D eigenvalue weighted by atomic mass is 31.2. The van der Waals surface area contributed by atoms with E-state index in [9.17, 15) is 15.0 Å². The van der Waals surface area contributed by atoms with Gasteiger partial charge in [0.15, 0.2) is 0 Å². The summed E-state index contributed by atoms with van der Waals surface area (Å²) < 4.78 is 8.88. The fourth-order valence-corrected chi connectivity index (χ4v) is 4.01.